The first-order valence-corrected chi connectivity index (χ1v) is 6.09. The lowest BCUT2D eigenvalue weighted by Gasteiger charge is -2.13. The smallest absolute Gasteiger partial charge is 0.258 e. The van der Waals surface area contributed by atoms with Crippen molar-refractivity contribution in [3.8, 4) is 0 Å². The zero-order chi connectivity index (χ0) is 11.8. The van der Waals surface area contributed by atoms with Crippen LogP contribution in [0.15, 0.2) is 41.3 Å². The molecule has 2 aromatic rings. The van der Waals surface area contributed by atoms with E-state index in [4.69, 9.17) is 5.73 Å². The van der Waals surface area contributed by atoms with Crippen LogP contribution in [0.5, 0.6) is 0 Å². The Morgan fingerprint density at radius 1 is 1.29 bits per heavy atom. The zero-order valence-electron chi connectivity index (χ0n) is 9.67. The van der Waals surface area contributed by atoms with E-state index in [1.54, 1.807) is 4.57 Å². The molecule has 1 unspecified atom stereocenters. The minimum absolute atomic E-state index is 0.0687. The molecule has 1 aliphatic carbocycles. The zero-order valence-corrected chi connectivity index (χ0v) is 9.67. The van der Waals surface area contributed by atoms with Crippen molar-refractivity contribution in [1.29, 1.82) is 0 Å². The number of aromatic nitrogens is 1. The fourth-order valence-corrected chi connectivity index (χ4v) is 2.27. The summed E-state index contributed by atoms with van der Waals surface area (Å²) in [5.74, 6) is 0.619. The summed E-state index contributed by atoms with van der Waals surface area (Å²) < 4.78 is 1.74. The van der Waals surface area contributed by atoms with Crippen molar-refractivity contribution in [1.82, 2.24) is 4.57 Å². The Labute approximate surface area is 99.9 Å². The van der Waals surface area contributed by atoms with E-state index in [-0.39, 0.29) is 11.6 Å². The third-order valence-corrected chi connectivity index (χ3v) is 3.52. The number of nitrogens with zero attached hydrogens (tertiary/aromatic N) is 1. The van der Waals surface area contributed by atoms with E-state index in [1.807, 2.05) is 36.5 Å². The highest BCUT2D eigenvalue weighted by atomic mass is 16.1. The molecule has 0 spiro atoms. The van der Waals surface area contributed by atoms with E-state index in [0.29, 0.717) is 12.5 Å². The monoisotopic (exact) mass is 228 g/mol. The molecule has 3 heteroatoms. The summed E-state index contributed by atoms with van der Waals surface area (Å²) in [5, 5.41) is 1.77. The van der Waals surface area contributed by atoms with Crippen molar-refractivity contribution in [2.75, 3.05) is 0 Å². The Kier molecular flexibility index (Phi) is 2.48. The molecule has 1 aromatic carbocycles. The van der Waals surface area contributed by atoms with Gasteiger partial charge in [0, 0.05) is 24.2 Å². The van der Waals surface area contributed by atoms with Crippen LogP contribution < -0.4 is 11.3 Å². The topological polar surface area (TPSA) is 48.0 Å². The van der Waals surface area contributed by atoms with Crippen molar-refractivity contribution >= 4 is 10.8 Å². The molecule has 1 atom stereocenters. The summed E-state index contributed by atoms with van der Waals surface area (Å²) >= 11 is 0. The SMILES string of the molecule is NC(Cn1ccc2ccccc2c1=O)C1CC1. The molecule has 2 N–H and O–H groups in total. The standard InChI is InChI=1S/C14H16N2O/c15-13(11-5-6-11)9-16-8-7-10-3-1-2-4-12(10)14(16)17/h1-4,7-8,11,13H,5-6,9,15H2. The lowest BCUT2D eigenvalue weighted by Crippen LogP contribution is -2.33. The second-order valence-electron chi connectivity index (χ2n) is 4.86. The second-order valence-corrected chi connectivity index (χ2v) is 4.86. The van der Waals surface area contributed by atoms with Gasteiger partial charge in [0.25, 0.3) is 5.56 Å². The molecule has 17 heavy (non-hydrogen) atoms. The Morgan fingerprint density at radius 2 is 2.06 bits per heavy atom. The molecule has 1 aliphatic rings. The van der Waals surface area contributed by atoms with Crippen LogP contribution in [0, 0.1) is 5.92 Å². The van der Waals surface area contributed by atoms with Gasteiger partial charge in [-0.05, 0) is 36.3 Å². The van der Waals surface area contributed by atoms with Gasteiger partial charge in [-0.3, -0.25) is 4.79 Å². The number of nitrogens with two attached hydrogens (primary N) is 1. The van der Waals surface area contributed by atoms with Gasteiger partial charge in [0.2, 0.25) is 0 Å². The molecule has 0 aliphatic heterocycles. The van der Waals surface area contributed by atoms with E-state index in [1.165, 1.54) is 12.8 Å². The van der Waals surface area contributed by atoms with Crippen LogP contribution in [-0.2, 0) is 6.54 Å². The maximum atomic E-state index is 12.2. The van der Waals surface area contributed by atoms with Crippen LogP contribution in [0.2, 0.25) is 0 Å². The summed E-state index contributed by atoms with van der Waals surface area (Å²) in [6.07, 6.45) is 4.28. The van der Waals surface area contributed by atoms with Gasteiger partial charge in [-0.2, -0.15) is 0 Å². The normalized spacial score (nSPS) is 17.2. The molecule has 1 fully saturated rings. The number of pyridine rings is 1. The largest absolute Gasteiger partial charge is 0.326 e. The average Bonchev–Trinajstić information content (AvgIpc) is 3.17. The van der Waals surface area contributed by atoms with Crippen LogP contribution in [-0.4, -0.2) is 10.6 Å². The fourth-order valence-electron chi connectivity index (χ4n) is 2.27. The van der Waals surface area contributed by atoms with Crippen molar-refractivity contribution in [3.63, 3.8) is 0 Å². The fraction of sp³-hybridized carbons (Fsp3) is 0.357. The van der Waals surface area contributed by atoms with Crippen LogP contribution in [0.4, 0.5) is 0 Å². The summed E-state index contributed by atoms with van der Waals surface area (Å²) in [5.41, 5.74) is 6.13. The second kappa shape index (κ2) is 4.00. The highest BCUT2D eigenvalue weighted by Crippen LogP contribution is 2.31. The Morgan fingerprint density at radius 3 is 2.82 bits per heavy atom. The third-order valence-electron chi connectivity index (χ3n) is 3.52. The highest BCUT2D eigenvalue weighted by Gasteiger charge is 2.28. The van der Waals surface area contributed by atoms with E-state index >= 15 is 0 Å². The number of rotatable bonds is 3. The molecule has 0 amide bonds. The Balaban J connectivity index is 1.99. The molecule has 0 radical (unpaired) electrons. The molecule has 1 saturated carbocycles. The predicted molar refractivity (Wildman–Crippen MR) is 68.9 cm³/mol. The van der Waals surface area contributed by atoms with Gasteiger partial charge in [-0.15, -0.1) is 0 Å². The third kappa shape index (κ3) is 1.98. The van der Waals surface area contributed by atoms with E-state index < -0.39 is 0 Å². The highest BCUT2D eigenvalue weighted by molar-refractivity contribution is 5.81. The molecular formula is C14H16N2O. The minimum atomic E-state index is 0.0687. The number of fused-ring (bicyclic) bond motifs is 1. The molecule has 88 valence electrons. The summed E-state index contributed by atoms with van der Waals surface area (Å²) in [6, 6.07) is 9.78. The Hall–Kier alpha value is -1.61. The van der Waals surface area contributed by atoms with Crippen LogP contribution in [0.1, 0.15) is 12.8 Å². The Bertz CT molecular complexity index is 598. The maximum Gasteiger partial charge on any atom is 0.258 e. The van der Waals surface area contributed by atoms with Gasteiger partial charge < -0.3 is 10.3 Å². The molecule has 1 heterocycles. The van der Waals surface area contributed by atoms with Gasteiger partial charge >= 0.3 is 0 Å². The van der Waals surface area contributed by atoms with Crippen LogP contribution in [0.3, 0.4) is 0 Å². The first-order chi connectivity index (χ1) is 8.25. The summed E-state index contributed by atoms with van der Waals surface area (Å²) in [7, 11) is 0. The van der Waals surface area contributed by atoms with E-state index in [0.717, 1.165) is 10.8 Å². The number of hydrogen-bond donors (Lipinski definition) is 1. The first-order valence-electron chi connectivity index (χ1n) is 6.09. The average molecular weight is 228 g/mol. The van der Waals surface area contributed by atoms with Crippen molar-refractivity contribution in [3.05, 3.63) is 46.9 Å². The van der Waals surface area contributed by atoms with Crippen LogP contribution >= 0.6 is 0 Å². The van der Waals surface area contributed by atoms with Gasteiger partial charge in [0.1, 0.15) is 0 Å². The van der Waals surface area contributed by atoms with Crippen LogP contribution in [0.25, 0.3) is 10.8 Å². The minimum Gasteiger partial charge on any atom is -0.326 e. The lowest BCUT2D eigenvalue weighted by atomic mass is 10.1. The summed E-state index contributed by atoms with van der Waals surface area (Å²) in [6.45, 7) is 0.633. The molecule has 0 bridgehead atoms. The van der Waals surface area contributed by atoms with Gasteiger partial charge in [-0.1, -0.05) is 18.2 Å². The lowest BCUT2D eigenvalue weighted by molar-refractivity contribution is 0.495. The predicted octanol–water partition coefficient (Wildman–Crippen LogP) is 1.74. The van der Waals surface area contributed by atoms with E-state index in [9.17, 15) is 4.79 Å². The van der Waals surface area contributed by atoms with Gasteiger partial charge in [-0.25, -0.2) is 0 Å². The molecule has 1 aromatic heterocycles. The molecule has 3 nitrogen and oxygen atoms in total. The maximum absolute atomic E-state index is 12.2. The molecule has 3 rings (SSSR count). The van der Waals surface area contributed by atoms with E-state index in [2.05, 4.69) is 0 Å². The molecule has 0 saturated heterocycles. The number of hydrogen-bond acceptors (Lipinski definition) is 2. The molecular weight excluding hydrogens is 212 g/mol. The first kappa shape index (κ1) is 10.5. The van der Waals surface area contributed by atoms with Crippen molar-refractivity contribution in [2.24, 2.45) is 11.7 Å². The van der Waals surface area contributed by atoms with Gasteiger partial charge in [0.05, 0.1) is 0 Å². The number of benzene rings is 1. The van der Waals surface area contributed by atoms with Crippen molar-refractivity contribution < 1.29 is 0 Å². The van der Waals surface area contributed by atoms with Crippen molar-refractivity contribution in [2.45, 2.75) is 25.4 Å². The van der Waals surface area contributed by atoms with Gasteiger partial charge in [0.15, 0.2) is 0 Å². The summed E-state index contributed by atoms with van der Waals surface area (Å²) in [4.78, 5) is 12.2. The quantitative estimate of drug-likeness (QED) is 0.869.